The summed E-state index contributed by atoms with van der Waals surface area (Å²) < 4.78 is 27.2. The van der Waals surface area contributed by atoms with Crippen molar-refractivity contribution in [3.8, 4) is 0 Å². The van der Waals surface area contributed by atoms with E-state index in [1.165, 1.54) is 11.4 Å². The van der Waals surface area contributed by atoms with E-state index in [9.17, 15) is 8.42 Å². The molecule has 104 valence electrons. The lowest BCUT2D eigenvalue weighted by Gasteiger charge is -2.23. The summed E-state index contributed by atoms with van der Waals surface area (Å²) in [6.07, 6.45) is 0. The second kappa shape index (κ2) is 7.21. The zero-order chi connectivity index (χ0) is 13.2. The van der Waals surface area contributed by atoms with E-state index in [4.69, 9.17) is 5.73 Å². The van der Waals surface area contributed by atoms with E-state index in [1.807, 2.05) is 0 Å². The predicted molar refractivity (Wildman–Crippen MR) is 82.6 cm³/mol. The third kappa shape index (κ3) is 3.91. The molecule has 0 bridgehead atoms. The Morgan fingerprint density at radius 3 is 2.44 bits per heavy atom. The molecule has 1 rings (SSSR count). The first-order valence-corrected chi connectivity index (χ1v) is 7.96. The van der Waals surface area contributed by atoms with Crippen LogP contribution < -0.4 is 5.73 Å². The van der Waals surface area contributed by atoms with Crippen LogP contribution in [0, 0.1) is 0 Å². The highest BCUT2D eigenvalue weighted by atomic mass is 79.9. The summed E-state index contributed by atoms with van der Waals surface area (Å²) in [5.74, 6) is 0. The minimum atomic E-state index is -3.53. The van der Waals surface area contributed by atoms with Crippen LogP contribution in [0.1, 0.15) is 6.92 Å². The number of hydrogen-bond donors (Lipinski definition) is 1. The van der Waals surface area contributed by atoms with Crippen LogP contribution in [0.3, 0.4) is 0 Å². The number of likely N-dealkylation sites (N-methyl/N-ethyl adjacent to an activating group) is 1. The largest absolute Gasteiger partial charge is 0.329 e. The Hall–Kier alpha value is 0.340. The van der Waals surface area contributed by atoms with Gasteiger partial charge in [-0.05, 0) is 41.1 Å². The molecular formula is C10H15Br2ClN2O2S. The SMILES string of the molecule is CC(CN)N(C)S(=O)(=O)c1cc(Br)ccc1Br.Cl. The topological polar surface area (TPSA) is 63.4 Å². The zero-order valence-corrected chi connectivity index (χ0v) is 14.7. The van der Waals surface area contributed by atoms with E-state index in [-0.39, 0.29) is 29.9 Å². The fourth-order valence-corrected chi connectivity index (χ4v) is 4.05. The Labute approximate surface area is 131 Å². The molecule has 2 N–H and O–H groups in total. The third-order valence-corrected chi connectivity index (χ3v) is 5.97. The van der Waals surface area contributed by atoms with Crippen molar-refractivity contribution in [2.45, 2.75) is 17.9 Å². The van der Waals surface area contributed by atoms with Gasteiger partial charge in [-0.1, -0.05) is 15.9 Å². The van der Waals surface area contributed by atoms with Gasteiger partial charge in [-0.15, -0.1) is 12.4 Å². The molecule has 0 fully saturated rings. The maximum atomic E-state index is 12.3. The van der Waals surface area contributed by atoms with Gasteiger partial charge < -0.3 is 5.73 Å². The molecule has 1 atom stereocenters. The predicted octanol–water partition coefficient (Wildman–Crippen LogP) is 2.60. The summed E-state index contributed by atoms with van der Waals surface area (Å²) in [7, 11) is -2.00. The minimum absolute atomic E-state index is 0. The van der Waals surface area contributed by atoms with Gasteiger partial charge in [0.05, 0.1) is 4.90 Å². The second-order valence-electron chi connectivity index (χ2n) is 3.68. The minimum Gasteiger partial charge on any atom is -0.329 e. The van der Waals surface area contributed by atoms with Crippen LogP contribution in [0.15, 0.2) is 32.0 Å². The summed E-state index contributed by atoms with van der Waals surface area (Å²) in [5.41, 5.74) is 5.49. The number of hydrogen-bond acceptors (Lipinski definition) is 3. The first-order valence-electron chi connectivity index (χ1n) is 4.94. The van der Waals surface area contributed by atoms with Crippen LogP contribution in [0.2, 0.25) is 0 Å². The average molecular weight is 423 g/mol. The van der Waals surface area contributed by atoms with E-state index in [1.54, 1.807) is 25.1 Å². The van der Waals surface area contributed by atoms with Gasteiger partial charge in [0.15, 0.2) is 0 Å². The van der Waals surface area contributed by atoms with E-state index >= 15 is 0 Å². The lowest BCUT2D eigenvalue weighted by atomic mass is 10.4. The quantitative estimate of drug-likeness (QED) is 0.811. The highest BCUT2D eigenvalue weighted by Gasteiger charge is 2.26. The van der Waals surface area contributed by atoms with Crippen molar-refractivity contribution < 1.29 is 8.42 Å². The Morgan fingerprint density at radius 1 is 1.39 bits per heavy atom. The number of nitrogens with zero attached hydrogens (tertiary/aromatic N) is 1. The fourth-order valence-electron chi connectivity index (χ4n) is 1.22. The normalized spacial score (nSPS) is 13.2. The highest BCUT2D eigenvalue weighted by molar-refractivity contribution is 9.11. The summed E-state index contributed by atoms with van der Waals surface area (Å²) in [5, 5.41) is 0. The molecule has 4 nitrogen and oxygen atoms in total. The number of nitrogens with two attached hydrogens (primary N) is 1. The van der Waals surface area contributed by atoms with Gasteiger partial charge in [-0.2, -0.15) is 4.31 Å². The van der Waals surface area contributed by atoms with Crippen molar-refractivity contribution in [1.29, 1.82) is 0 Å². The maximum absolute atomic E-state index is 12.3. The van der Waals surface area contributed by atoms with Crippen LogP contribution >= 0.6 is 44.3 Å². The molecule has 0 aromatic heterocycles. The standard InChI is InChI=1S/C10H14Br2N2O2S.ClH/c1-7(6-13)14(2)17(15,16)10-5-8(11)3-4-9(10)12;/h3-5,7H,6,13H2,1-2H3;1H. The van der Waals surface area contributed by atoms with Crippen LogP contribution in [0.4, 0.5) is 0 Å². The van der Waals surface area contributed by atoms with Crippen molar-refractivity contribution in [3.05, 3.63) is 27.1 Å². The summed E-state index contributed by atoms with van der Waals surface area (Å²) in [6, 6.07) is 4.79. The van der Waals surface area contributed by atoms with Gasteiger partial charge >= 0.3 is 0 Å². The average Bonchev–Trinajstić information content (AvgIpc) is 2.30. The molecular weight excluding hydrogens is 407 g/mol. The Morgan fingerprint density at radius 2 is 1.94 bits per heavy atom. The number of benzene rings is 1. The van der Waals surface area contributed by atoms with E-state index in [0.717, 1.165) is 0 Å². The third-order valence-electron chi connectivity index (χ3n) is 2.51. The van der Waals surface area contributed by atoms with Gasteiger partial charge in [0.1, 0.15) is 0 Å². The van der Waals surface area contributed by atoms with Gasteiger partial charge in [0.25, 0.3) is 0 Å². The van der Waals surface area contributed by atoms with Crippen molar-refractivity contribution >= 4 is 54.3 Å². The first-order chi connectivity index (χ1) is 7.80. The second-order valence-corrected chi connectivity index (χ2v) is 7.42. The Balaban J connectivity index is 0.00000289. The molecule has 0 amide bonds. The van der Waals surface area contributed by atoms with Crippen molar-refractivity contribution in [2.24, 2.45) is 5.73 Å². The lowest BCUT2D eigenvalue weighted by molar-refractivity contribution is 0.394. The summed E-state index contributed by atoms with van der Waals surface area (Å²) in [6.45, 7) is 2.05. The highest BCUT2D eigenvalue weighted by Crippen LogP contribution is 2.28. The molecule has 0 saturated carbocycles. The number of rotatable bonds is 4. The van der Waals surface area contributed by atoms with Crippen LogP contribution in [0.5, 0.6) is 0 Å². The van der Waals surface area contributed by atoms with E-state index < -0.39 is 10.0 Å². The first kappa shape index (κ1) is 18.3. The molecule has 0 aliphatic heterocycles. The molecule has 1 unspecified atom stereocenters. The van der Waals surface area contributed by atoms with Crippen LogP contribution in [-0.2, 0) is 10.0 Å². The van der Waals surface area contributed by atoms with Gasteiger partial charge in [0, 0.05) is 28.6 Å². The smallest absolute Gasteiger partial charge is 0.244 e. The van der Waals surface area contributed by atoms with Crippen molar-refractivity contribution in [1.82, 2.24) is 4.31 Å². The molecule has 1 aromatic rings. The van der Waals surface area contributed by atoms with Crippen LogP contribution in [-0.4, -0.2) is 32.4 Å². The van der Waals surface area contributed by atoms with E-state index in [2.05, 4.69) is 31.9 Å². The monoisotopic (exact) mass is 420 g/mol. The van der Waals surface area contributed by atoms with Gasteiger partial charge in [-0.3, -0.25) is 0 Å². The molecule has 0 saturated heterocycles. The number of halogens is 3. The van der Waals surface area contributed by atoms with E-state index in [0.29, 0.717) is 8.95 Å². The fraction of sp³-hybridized carbons (Fsp3) is 0.400. The van der Waals surface area contributed by atoms with Crippen molar-refractivity contribution in [2.75, 3.05) is 13.6 Å². The maximum Gasteiger partial charge on any atom is 0.244 e. The molecule has 1 aromatic carbocycles. The molecule has 0 aliphatic rings. The Kier molecular flexibility index (Phi) is 7.35. The Bertz CT molecular complexity index is 511. The molecule has 18 heavy (non-hydrogen) atoms. The van der Waals surface area contributed by atoms with Gasteiger partial charge in [-0.25, -0.2) is 8.42 Å². The van der Waals surface area contributed by atoms with Crippen molar-refractivity contribution in [3.63, 3.8) is 0 Å². The number of sulfonamides is 1. The van der Waals surface area contributed by atoms with Crippen LogP contribution in [0.25, 0.3) is 0 Å². The molecule has 0 radical (unpaired) electrons. The summed E-state index contributed by atoms with van der Waals surface area (Å²) in [4.78, 5) is 0.231. The molecule has 0 spiro atoms. The summed E-state index contributed by atoms with van der Waals surface area (Å²) >= 11 is 6.51. The molecule has 8 heteroatoms. The molecule has 0 aliphatic carbocycles. The van der Waals surface area contributed by atoms with Gasteiger partial charge in [0.2, 0.25) is 10.0 Å². The molecule has 0 heterocycles. The zero-order valence-electron chi connectivity index (χ0n) is 9.93. The lowest BCUT2D eigenvalue weighted by Crippen LogP contribution is -2.39.